The number of carbonyl (C=O) groups is 2. The zero-order chi connectivity index (χ0) is 12.7. The maximum absolute atomic E-state index is 11.6. The first-order chi connectivity index (χ1) is 8.11. The van der Waals surface area contributed by atoms with Gasteiger partial charge in [0.05, 0.1) is 6.54 Å². The summed E-state index contributed by atoms with van der Waals surface area (Å²) in [6.45, 7) is 6.14. The molecule has 1 heterocycles. The molecule has 17 heavy (non-hydrogen) atoms. The second kappa shape index (κ2) is 7.27. The topological polar surface area (TPSA) is 61.4 Å². The predicted octanol–water partition coefficient (Wildman–Crippen LogP) is 1.10. The number of nitrogens with zero attached hydrogens (tertiary/aromatic N) is 1. The molecular formula is C12H23N3O2. The van der Waals surface area contributed by atoms with Crippen molar-refractivity contribution in [2.75, 3.05) is 19.6 Å². The van der Waals surface area contributed by atoms with Gasteiger partial charge in [-0.3, -0.25) is 15.0 Å². The molecule has 5 heteroatoms. The fourth-order valence-corrected chi connectivity index (χ4v) is 1.85. The molecule has 1 saturated heterocycles. The van der Waals surface area contributed by atoms with Gasteiger partial charge in [-0.2, -0.15) is 0 Å². The van der Waals surface area contributed by atoms with Crippen LogP contribution in [-0.4, -0.2) is 42.5 Å². The second-order valence-corrected chi connectivity index (χ2v) is 4.67. The molecule has 0 aromatic heterocycles. The van der Waals surface area contributed by atoms with Crippen molar-refractivity contribution in [3.05, 3.63) is 0 Å². The molecule has 98 valence electrons. The average molecular weight is 241 g/mol. The lowest BCUT2D eigenvalue weighted by molar-refractivity contribution is -0.121. The molecule has 5 nitrogen and oxygen atoms in total. The number of likely N-dealkylation sites (tertiary alicyclic amines) is 1. The van der Waals surface area contributed by atoms with Gasteiger partial charge in [0.15, 0.2) is 0 Å². The molecular weight excluding hydrogens is 218 g/mol. The molecule has 1 aliphatic rings. The highest BCUT2D eigenvalue weighted by atomic mass is 16.2. The van der Waals surface area contributed by atoms with Crippen LogP contribution < -0.4 is 10.6 Å². The number of imide groups is 1. The molecule has 0 aromatic carbocycles. The minimum Gasteiger partial charge on any atom is -0.335 e. The molecule has 1 atom stereocenters. The summed E-state index contributed by atoms with van der Waals surface area (Å²) >= 11 is 0. The number of piperidine rings is 1. The van der Waals surface area contributed by atoms with E-state index in [2.05, 4.69) is 15.5 Å². The zero-order valence-corrected chi connectivity index (χ0v) is 10.8. The molecule has 3 amide bonds. The van der Waals surface area contributed by atoms with Crippen molar-refractivity contribution in [3.63, 3.8) is 0 Å². The van der Waals surface area contributed by atoms with E-state index in [0.717, 1.165) is 32.4 Å². The molecule has 0 aromatic rings. The van der Waals surface area contributed by atoms with E-state index in [1.807, 2.05) is 13.8 Å². The third kappa shape index (κ3) is 5.68. The van der Waals surface area contributed by atoms with Crippen LogP contribution in [0.1, 0.15) is 39.5 Å². The van der Waals surface area contributed by atoms with Gasteiger partial charge in [0.2, 0.25) is 5.91 Å². The minimum atomic E-state index is -0.388. The Labute approximate surface area is 103 Å². The molecule has 0 aliphatic carbocycles. The van der Waals surface area contributed by atoms with Crippen LogP contribution in [0.25, 0.3) is 0 Å². The molecule has 0 bridgehead atoms. The van der Waals surface area contributed by atoms with Gasteiger partial charge in [0, 0.05) is 6.04 Å². The Morgan fingerprint density at radius 1 is 1.24 bits per heavy atom. The molecule has 1 aliphatic heterocycles. The standard InChI is InChI=1S/C12H23N3O2/c1-3-10(2)13-12(17)14-11(16)9-15-7-5-4-6-8-15/h10H,3-9H2,1-2H3,(H2,13,14,16,17)/t10-/m0/s1. The van der Waals surface area contributed by atoms with E-state index in [9.17, 15) is 9.59 Å². The fraction of sp³-hybridized carbons (Fsp3) is 0.833. The monoisotopic (exact) mass is 241 g/mol. The van der Waals surface area contributed by atoms with Crippen molar-refractivity contribution < 1.29 is 9.59 Å². The van der Waals surface area contributed by atoms with E-state index in [-0.39, 0.29) is 18.0 Å². The van der Waals surface area contributed by atoms with Crippen LogP contribution in [0.4, 0.5) is 4.79 Å². The average Bonchev–Trinajstić information content (AvgIpc) is 2.29. The van der Waals surface area contributed by atoms with Crippen molar-refractivity contribution in [2.45, 2.75) is 45.6 Å². The highest BCUT2D eigenvalue weighted by Crippen LogP contribution is 2.07. The summed E-state index contributed by atoms with van der Waals surface area (Å²) in [5.41, 5.74) is 0. The number of rotatable bonds is 4. The lowest BCUT2D eigenvalue weighted by Gasteiger charge is -2.25. The number of nitrogens with one attached hydrogen (secondary N) is 2. The van der Waals surface area contributed by atoms with Gasteiger partial charge in [0.25, 0.3) is 0 Å². The second-order valence-electron chi connectivity index (χ2n) is 4.67. The molecule has 1 rings (SSSR count). The van der Waals surface area contributed by atoms with Gasteiger partial charge in [-0.1, -0.05) is 13.3 Å². The quantitative estimate of drug-likeness (QED) is 0.774. The Hall–Kier alpha value is -1.10. The van der Waals surface area contributed by atoms with Crippen LogP contribution in [0.3, 0.4) is 0 Å². The van der Waals surface area contributed by atoms with Gasteiger partial charge in [0.1, 0.15) is 0 Å². The third-order valence-electron chi connectivity index (χ3n) is 3.06. The van der Waals surface area contributed by atoms with E-state index in [1.165, 1.54) is 6.42 Å². The largest absolute Gasteiger partial charge is 0.335 e. The summed E-state index contributed by atoms with van der Waals surface area (Å²) in [6, 6.07) is -0.292. The summed E-state index contributed by atoms with van der Waals surface area (Å²) in [6.07, 6.45) is 4.39. The highest BCUT2D eigenvalue weighted by molar-refractivity contribution is 5.95. The lowest BCUT2D eigenvalue weighted by atomic mass is 10.1. The van der Waals surface area contributed by atoms with Crippen LogP contribution in [-0.2, 0) is 4.79 Å². The summed E-state index contributed by atoms with van der Waals surface area (Å²) in [7, 11) is 0. The van der Waals surface area contributed by atoms with Crippen LogP contribution in [0.15, 0.2) is 0 Å². The maximum atomic E-state index is 11.6. The molecule has 0 radical (unpaired) electrons. The number of amides is 3. The molecule has 1 fully saturated rings. The molecule has 0 unspecified atom stereocenters. The van der Waals surface area contributed by atoms with Crippen molar-refractivity contribution in [2.24, 2.45) is 0 Å². The van der Waals surface area contributed by atoms with Crippen LogP contribution in [0.5, 0.6) is 0 Å². The van der Waals surface area contributed by atoms with Gasteiger partial charge >= 0.3 is 6.03 Å². The maximum Gasteiger partial charge on any atom is 0.321 e. The van der Waals surface area contributed by atoms with E-state index in [0.29, 0.717) is 6.54 Å². The SMILES string of the molecule is CC[C@H](C)NC(=O)NC(=O)CN1CCCCC1. The summed E-state index contributed by atoms with van der Waals surface area (Å²) < 4.78 is 0. The van der Waals surface area contributed by atoms with Crippen LogP contribution >= 0.6 is 0 Å². The van der Waals surface area contributed by atoms with E-state index >= 15 is 0 Å². The normalized spacial score (nSPS) is 18.5. The Morgan fingerprint density at radius 3 is 2.47 bits per heavy atom. The minimum absolute atomic E-state index is 0.0952. The molecule has 2 N–H and O–H groups in total. The van der Waals surface area contributed by atoms with Crippen molar-refractivity contribution in [1.82, 2.24) is 15.5 Å². The summed E-state index contributed by atoms with van der Waals surface area (Å²) in [5.74, 6) is -0.215. The first kappa shape index (κ1) is 14.0. The molecule has 0 saturated carbocycles. The Morgan fingerprint density at radius 2 is 1.88 bits per heavy atom. The number of urea groups is 1. The Bertz CT molecular complexity index is 262. The smallest absolute Gasteiger partial charge is 0.321 e. The first-order valence-electron chi connectivity index (χ1n) is 6.44. The first-order valence-corrected chi connectivity index (χ1v) is 6.44. The number of carbonyl (C=O) groups excluding carboxylic acids is 2. The van der Waals surface area contributed by atoms with Crippen LogP contribution in [0, 0.1) is 0 Å². The van der Waals surface area contributed by atoms with Gasteiger partial charge < -0.3 is 5.32 Å². The Kier molecular flexibility index (Phi) is 5.97. The Balaban J connectivity index is 2.21. The lowest BCUT2D eigenvalue weighted by Crippen LogP contribution is -2.47. The van der Waals surface area contributed by atoms with Crippen LogP contribution in [0.2, 0.25) is 0 Å². The third-order valence-corrected chi connectivity index (χ3v) is 3.06. The molecule has 0 spiro atoms. The van der Waals surface area contributed by atoms with E-state index in [1.54, 1.807) is 0 Å². The number of hydrogen-bond donors (Lipinski definition) is 2. The van der Waals surface area contributed by atoms with Gasteiger partial charge in [-0.15, -0.1) is 0 Å². The van der Waals surface area contributed by atoms with Crippen molar-refractivity contribution in [3.8, 4) is 0 Å². The predicted molar refractivity (Wildman–Crippen MR) is 66.7 cm³/mol. The van der Waals surface area contributed by atoms with Crippen molar-refractivity contribution in [1.29, 1.82) is 0 Å². The zero-order valence-electron chi connectivity index (χ0n) is 10.8. The van der Waals surface area contributed by atoms with E-state index in [4.69, 9.17) is 0 Å². The fourth-order valence-electron chi connectivity index (χ4n) is 1.85. The van der Waals surface area contributed by atoms with Gasteiger partial charge in [-0.25, -0.2) is 4.79 Å². The van der Waals surface area contributed by atoms with Crippen molar-refractivity contribution >= 4 is 11.9 Å². The van der Waals surface area contributed by atoms with E-state index < -0.39 is 0 Å². The summed E-state index contributed by atoms with van der Waals surface area (Å²) in [5, 5.41) is 5.07. The highest BCUT2D eigenvalue weighted by Gasteiger charge is 2.15. The summed E-state index contributed by atoms with van der Waals surface area (Å²) in [4.78, 5) is 25.1. The van der Waals surface area contributed by atoms with Gasteiger partial charge in [-0.05, 0) is 39.3 Å². The number of hydrogen-bond acceptors (Lipinski definition) is 3.